The third-order valence-electron chi connectivity index (χ3n) is 13.0. The molecule has 9 rings (SSSR count). The average Bonchev–Trinajstić information content (AvgIpc) is 3.65. The first kappa shape index (κ1) is 33.9. The molecule has 0 spiro atoms. The molecular weight excluding hydrogens is 651 g/mol. The van der Waals surface area contributed by atoms with Crippen molar-refractivity contribution in [3.05, 3.63) is 129 Å². The first-order chi connectivity index (χ1) is 24.9. The molecule has 0 saturated heterocycles. The minimum absolute atomic E-state index is 0.0145. The second kappa shape index (κ2) is 10.8. The lowest BCUT2D eigenvalue weighted by atomic mass is 9.72. The molecule has 0 bridgehead atoms. The lowest BCUT2D eigenvalue weighted by Gasteiger charge is -2.36. The average molecular weight is 702 g/mol. The van der Waals surface area contributed by atoms with Gasteiger partial charge >= 0.3 is 0 Å². The fourth-order valence-corrected chi connectivity index (χ4v) is 9.23. The van der Waals surface area contributed by atoms with Crippen LogP contribution >= 0.6 is 0 Å². The Morgan fingerprint density at radius 1 is 0.830 bits per heavy atom. The second-order valence-corrected chi connectivity index (χ2v) is 18.2. The maximum atomic E-state index is 6.96. The molecule has 2 aromatic heterocycles. The van der Waals surface area contributed by atoms with E-state index < -0.39 is 5.60 Å². The van der Waals surface area contributed by atoms with E-state index in [1.165, 1.54) is 60.8 Å². The second-order valence-electron chi connectivity index (χ2n) is 18.2. The van der Waals surface area contributed by atoms with Crippen molar-refractivity contribution in [2.45, 2.75) is 117 Å². The summed E-state index contributed by atoms with van der Waals surface area (Å²) in [6.07, 6.45) is 2.77. The molecule has 5 heteroatoms. The summed E-state index contributed by atoms with van der Waals surface area (Å²) in [7, 11) is 0. The van der Waals surface area contributed by atoms with Gasteiger partial charge in [0.2, 0.25) is 5.90 Å². The quantitative estimate of drug-likeness (QED) is 0.184. The predicted molar refractivity (Wildman–Crippen MR) is 218 cm³/mol. The van der Waals surface area contributed by atoms with Gasteiger partial charge in [-0.1, -0.05) is 66.7 Å². The number of benzene rings is 4. The largest absolute Gasteiger partial charge is 0.464 e. The Kier molecular flexibility index (Phi) is 6.93. The van der Waals surface area contributed by atoms with E-state index in [-0.39, 0.29) is 16.4 Å². The van der Waals surface area contributed by atoms with Crippen LogP contribution in [0.3, 0.4) is 0 Å². The van der Waals surface area contributed by atoms with Crippen LogP contribution in [0.2, 0.25) is 0 Å². The first-order valence-electron chi connectivity index (χ1n) is 19.2. The lowest BCUT2D eigenvalue weighted by Crippen LogP contribution is -2.40. The Labute approximate surface area is 314 Å². The summed E-state index contributed by atoms with van der Waals surface area (Å²) >= 11 is 0. The molecule has 2 atom stereocenters. The first-order valence-corrected chi connectivity index (χ1v) is 19.2. The Bertz CT molecular complexity index is 2600. The van der Waals surface area contributed by atoms with E-state index in [4.69, 9.17) is 19.5 Å². The van der Waals surface area contributed by atoms with Gasteiger partial charge in [0.25, 0.3) is 0 Å². The normalized spacial score (nSPS) is 21.1. The highest BCUT2D eigenvalue weighted by Crippen LogP contribution is 2.55. The Morgan fingerprint density at radius 3 is 2.34 bits per heavy atom. The van der Waals surface area contributed by atoms with Crippen molar-refractivity contribution in [1.82, 2.24) is 9.55 Å². The maximum absolute atomic E-state index is 6.96. The van der Waals surface area contributed by atoms with E-state index in [9.17, 15) is 0 Å². The van der Waals surface area contributed by atoms with Gasteiger partial charge in [0.05, 0.1) is 11.2 Å². The number of hydrogen-bond donors (Lipinski definition) is 0. The van der Waals surface area contributed by atoms with Crippen molar-refractivity contribution in [3.8, 4) is 17.2 Å². The number of rotatable bonds is 4. The van der Waals surface area contributed by atoms with Crippen molar-refractivity contribution in [2.75, 3.05) is 0 Å². The van der Waals surface area contributed by atoms with E-state index in [2.05, 4.69) is 154 Å². The van der Waals surface area contributed by atoms with Crippen molar-refractivity contribution < 1.29 is 9.47 Å². The Hall–Kier alpha value is -4.90. The van der Waals surface area contributed by atoms with Gasteiger partial charge in [-0.05, 0) is 133 Å². The molecule has 0 N–H and O–H groups in total. The summed E-state index contributed by atoms with van der Waals surface area (Å²) in [4.78, 5) is 10.3. The lowest BCUT2D eigenvalue weighted by molar-refractivity contribution is 0.0450. The SMILES string of the molecule is Cc1cc2c(cc1Oc1cc(C3=N[C@]4(C)Cc5c(ccc(C)c5C)[C@]4(C)O3)cc(C(C)C)c1)-n1c3ncccc3c3cc(C(C)(C)C)cc(c31)C2(C)C. The van der Waals surface area contributed by atoms with Gasteiger partial charge in [-0.25, -0.2) is 9.98 Å². The summed E-state index contributed by atoms with van der Waals surface area (Å²) < 4.78 is 16.3. The highest BCUT2D eigenvalue weighted by Gasteiger charge is 2.59. The van der Waals surface area contributed by atoms with E-state index >= 15 is 0 Å². The van der Waals surface area contributed by atoms with Crippen LogP contribution in [0.15, 0.2) is 77.9 Å². The molecule has 0 radical (unpaired) electrons. The monoisotopic (exact) mass is 701 g/mol. The summed E-state index contributed by atoms with van der Waals surface area (Å²) in [6.45, 7) is 27.1. The Balaban J connectivity index is 1.16. The van der Waals surface area contributed by atoms with Crippen LogP contribution in [0.4, 0.5) is 0 Å². The van der Waals surface area contributed by atoms with E-state index in [0.717, 1.165) is 40.4 Å². The van der Waals surface area contributed by atoms with Gasteiger partial charge in [0, 0.05) is 46.0 Å². The van der Waals surface area contributed by atoms with Gasteiger partial charge in [-0.2, -0.15) is 0 Å². The number of aromatic nitrogens is 2. The zero-order valence-electron chi connectivity index (χ0n) is 33.4. The van der Waals surface area contributed by atoms with E-state index in [0.29, 0.717) is 11.8 Å². The van der Waals surface area contributed by atoms with Gasteiger partial charge in [-0.3, -0.25) is 4.57 Å². The zero-order valence-corrected chi connectivity index (χ0v) is 33.4. The molecule has 53 heavy (non-hydrogen) atoms. The smallest absolute Gasteiger partial charge is 0.217 e. The number of nitrogens with zero attached hydrogens (tertiary/aromatic N) is 3. The number of ether oxygens (including phenoxy) is 2. The fourth-order valence-electron chi connectivity index (χ4n) is 9.23. The number of fused-ring (bicyclic) bond motifs is 8. The molecule has 5 nitrogen and oxygen atoms in total. The summed E-state index contributed by atoms with van der Waals surface area (Å²) in [5.74, 6) is 2.60. The third-order valence-corrected chi connectivity index (χ3v) is 13.0. The third kappa shape index (κ3) is 4.68. The van der Waals surface area contributed by atoms with Crippen LogP contribution in [0.1, 0.15) is 124 Å². The molecule has 270 valence electrons. The molecule has 3 aliphatic rings. The molecule has 4 aromatic carbocycles. The fraction of sp³-hybridized carbons (Fsp3) is 0.375. The van der Waals surface area contributed by atoms with Crippen molar-refractivity contribution >= 4 is 27.8 Å². The van der Waals surface area contributed by atoms with Crippen LogP contribution in [-0.2, 0) is 27.6 Å². The molecule has 6 aromatic rings. The summed E-state index contributed by atoms with van der Waals surface area (Å²) in [6, 6.07) is 24.6. The zero-order chi connectivity index (χ0) is 37.6. The molecule has 1 aliphatic carbocycles. The maximum Gasteiger partial charge on any atom is 0.217 e. The minimum atomic E-state index is -0.532. The molecule has 4 heterocycles. The summed E-state index contributed by atoms with van der Waals surface area (Å²) in [5, 5.41) is 2.43. The van der Waals surface area contributed by atoms with Gasteiger partial charge < -0.3 is 9.47 Å². The number of aliphatic imine (C=N–C) groups is 1. The Morgan fingerprint density at radius 2 is 1.60 bits per heavy atom. The molecular formula is C48H51N3O2. The number of hydrogen-bond acceptors (Lipinski definition) is 4. The predicted octanol–water partition coefficient (Wildman–Crippen LogP) is 12.0. The van der Waals surface area contributed by atoms with Crippen LogP contribution in [0.5, 0.6) is 11.5 Å². The van der Waals surface area contributed by atoms with Crippen LogP contribution in [-0.4, -0.2) is 21.0 Å². The molecule has 0 fully saturated rings. The van der Waals surface area contributed by atoms with Crippen LogP contribution in [0, 0.1) is 20.8 Å². The highest BCUT2D eigenvalue weighted by molar-refractivity contribution is 6.10. The highest BCUT2D eigenvalue weighted by atomic mass is 16.5. The topological polar surface area (TPSA) is 48.6 Å². The number of pyridine rings is 1. The van der Waals surface area contributed by atoms with Crippen molar-refractivity contribution in [3.63, 3.8) is 0 Å². The van der Waals surface area contributed by atoms with E-state index in [1.807, 2.05) is 6.20 Å². The molecule has 2 aliphatic heterocycles. The number of aryl methyl sites for hydroxylation is 2. The standard InChI is InChI=1S/C48H51N3O2/c1-26(2)30-19-31(44-50-47(11)25-36-29(5)27(3)15-16-37(36)48(47,12)53-44)21-33(20-30)52-41-24-40-38(18-28(41)4)46(9,10)39-23-32(45(6,7)8)22-35-34-14-13-17-49-43(34)51(40)42(35)39/h13-24,26H,25H2,1-12H3/t47-,48+/m1/s1. The van der Waals surface area contributed by atoms with Crippen molar-refractivity contribution in [2.24, 2.45) is 4.99 Å². The molecule has 0 amide bonds. The van der Waals surface area contributed by atoms with Crippen LogP contribution < -0.4 is 4.74 Å². The van der Waals surface area contributed by atoms with Crippen LogP contribution in [0.25, 0.3) is 27.6 Å². The van der Waals surface area contributed by atoms with Crippen molar-refractivity contribution in [1.29, 1.82) is 0 Å². The molecule has 0 saturated carbocycles. The summed E-state index contributed by atoms with van der Waals surface area (Å²) in [5.41, 5.74) is 14.7. The molecule has 0 unspecified atom stereocenters. The van der Waals surface area contributed by atoms with Gasteiger partial charge in [-0.15, -0.1) is 0 Å². The van der Waals surface area contributed by atoms with E-state index in [1.54, 1.807) is 0 Å². The van der Waals surface area contributed by atoms with Gasteiger partial charge in [0.1, 0.15) is 22.7 Å². The van der Waals surface area contributed by atoms with Gasteiger partial charge in [0.15, 0.2) is 5.60 Å². The minimum Gasteiger partial charge on any atom is -0.464 e.